The van der Waals surface area contributed by atoms with E-state index in [2.05, 4.69) is 38.1 Å². The molecule has 0 aromatic rings. The summed E-state index contributed by atoms with van der Waals surface area (Å²) in [6.07, 6.45) is 22.9. The summed E-state index contributed by atoms with van der Waals surface area (Å²) in [5.41, 5.74) is 0. The standard InChI is InChI=1S/C19H39N/c1-4-5-6-7-8-9-10-11-12-13-14-15-16-17-18-19-20(2)3/h7-8H,4-6,9-19H2,1-3H3/b8-7+. The van der Waals surface area contributed by atoms with Gasteiger partial charge in [-0.15, -0.1) is 0 Å². The molecule has 0 aromatic heterocycles. The average Bonchev–Trinajstić information content (AvgIpc) is 2.43. The van der Waals surface area contributed by atoms with Crippen LogP contribution < -0.4 is 0 Å². The molecule has 0 saturated heterocycles. The van der Waals surface area contributed by atoms with Crippen LogP contribution in [0, 0.1) is 0 Å². The minimum atomic E-state index is 1.26. The molecule has 0 atom stereocenters. The SMILES string of the molecule is CCCC/C=C/CCCCCCCCCCCN(C)C. The predicted molar refractivity (Wildman–Crippen MR) is 93.4 cm³/mol. The van der Waals surface area contributed by atoms with Crippen molar-refractivity contribution in [2.45, 2.75) is 90.4 Å². The molecule has 0 radical (unpaired) electrons. The number of rotatable bonds is 15. The van der Waals surface area contributed by atoms with Gasteiger partial charge in [0, 0.05) is 0 Å². The number of nitrogens with zero attached hydrogens (tertiary/aromatic N) is 1. The fraction of sp³-hybridized carbons (Fsp3) is 0.895. The molecular formula is C19H39N. The summed E-state index contributed by atoms with van der Waals surface area (Å²) in [5, 5.41) is 0. The molecule has 0 spiro atoms. The molecule has 0 unspecified atom stereocenters. The van der Waals surface area contributed by atoms with Crippen LogP contribution in [-0.2, 0) is 0 Å². The van der Waals surface area contributed by atoms with Gasteiger partial charge in [-0.05, 0) is 46.3 Å². The zero-order valence-electron chi connectivity index (χ0n) is 14.5. The molecule has 0 aliphatic rings. The molecular weight excluding hydrogens is 242 g/mol. The van der Waals surface area contributed by atoms with Crippen molar-refractivity contribution < 1.29 is 0 Å². The van der Waals surface area contributed by atoms with E-state index in [1.165, 1.54) is 90.0 Å². The molecule has 0 rings (SSSR count). The van der Waals surface area contributed by atoms with E-state index in [0.717, 1.165) is 0 Å². The Morgan fingerprint density at radius 2 is 1.05 bits per heavy atom. The van der Waals surface area contributed by atoms with Crippen molar-refractivity contribution in [3.8, 4) is 0 Å². The molecule has 1 nitrogen and oxygen atoms in total. The molecule has 0 fully saturated rings. The van der Waals surface area contributed by atoms with Gasteiger partial charge in [-0.3, -0.25) is 0 Å². The molecule has 1 heteroatoms. The topological polar surface area (TPSA) is 3.24 Å². The molecule has 0 heterocycles. The van der Waals surface area contributed by atoms with Crippen LogP contribution in [0.3, 0.4) is 0 Å². The van der Waals surface area contributed by atoms with Crippen molar-refractivity contribution in [3.63, 3.8) is 0 Å². The predicted octanol–water partition coefficient (Wildman–Crippen LogP) is 6.20. The number of allylic oxidation sites excluding steroid dienone is 2. The summed E-state index contributed by atoms with van der Waals surface area (Å²) in [6, 6.07) is 0. The van der Waals surface area contributed by atoms with Crippen LogP contribution in [0.5, 0.6) is 0 Å². The maximum absolute atomic E-state index is 2.39. The van der Waals surface area contributed by atoms with E-state index in [1.807, 2.05) is 0 Å². The number of hydrogen-bond acceptors (Lipinski definition) is 1. The molecule has 0 aromatic carbocycles. The number of unbranched alkanes of at least 4 members (excludes halogenated alkanes) is 11. The second-order valence-electron chi connectivity index (χ2n) is 6.39. The molecule has 0 amide bonds. The van der Waals surface area contributed by atoms with Crippen LogP contribution in [0.25, 0.3) is 0 Å². The lowest BCUT2D eigenvalue weighted by molar-refractivity contribution is 0.389. The van der Waals surface area contributed by atoms with E-state index in [0.29, 0.717) is 0 Å². The largest absolute Gasteiger partial charge is 0.309 e. The van der Waals surface area contributed by atoms with Crippen molar-refractivity contribution in [3.05, 3.63) is 12.2 Å². The highest BCUT2D eigenvalue weighted by atomic mass is 15.0. The second-order valence-corrected chi connectivity index (χ2v) is 6.39. The first-order chi connectivity index (χ1) is 9.77. The van der Waals surface area contributed by atoms with Gasteiger partial charge in [0.1, 0.15) is 0 Å². The minimum absolute atomic E-state index is 1.26. The van der Waals surface area contributed by atoms with Gasteiger partial charge in [0.25, 0.3) is 0 Å². The Bertz CT molecular complexity index is 196. The van der Waals surface area contributed by atoms with Crippen molar-refractivity contribution in [2.24, 2.45) is 0 Å². The second kappa shape index (κ2) is 16.8. The van der Waals surface area contributed by atoms with Gasteiger partial charge < -0.3 is 4.90 Å². The van der Waals surface area contributed by atoms with Gasteiger partial charge in [-0.25, -0.2) is 0 Å². The first kappa shape index (κ1) is 19.7. The average molecular weight is 282 g/mol. The van der Waals surface area contributed by atoms with Gasteiger partial charge in [-0.1, -0.05) is 76.9 Å². The molecule has 0 aliphatic carbocycles. The minimum Gasteiger partial charge on any atom is -0.309 e. The van der Waals surface area contributed by atoms with Crippen LogP contribution in [-0.4, -0.2) is 25.5 Å². The summed E-state index contributed by atoms with van der Waals surface area (Å²) >= 11 is 0. The van der Waals surface area contributed by atoms with Gasteiger partial charge in [-0.2, -0.15) is 0 Å². The van der Waals surface area contributed by atoms with E-state index >= 15 is 0 Å². The molecule has 0 bridgehead atoms. The monoisotopic (exact) mass is 281 g/mol. The Morgan fingerprint density at radius 1 is 0.600 bits per heavy atom. The maximum atomic E-state index is 2.39. The Hall–Kier alpha value is -0.300. The zero-order valence-corrected chi connectivity index (χ0v) is 14.5. The molecule has 0 N–H and O–H groups in total. The summed E-state index contributed by atoms with van der Waals surface area (Å²) in [6.45, 7) is 3.52. The van der Waals surface area contributed by atoms with E-state index in [1.54, 1.807) is 0 Å². The lowest BCUT2D eigenvalue weighted by Gasteiger charge is -2.08. The number of hydrogen-bond donors (Lipinski definition) is 0. The lowest BCUT2D eigenvalue weighted by atomic mass is 10.1. The summed E-state index contributed by atoms with van der Waals surface area (Å²) in [5.74, 6) is 0. The van der Waals surface area contributed by atoms with Gasteiger partial charge in [0.2, 0.25) is 0 Å². The molecule has 0 aliphatic heterocycles. The third-order valence-electron chi connectivity index (χ3n) is 3.87. The van der Waals surface area contributed by atoms with Crippen molar-refractivity contribution in [1.82, 2.24) is 4.90 Å². The van der Waals surface area contributed by atoms with Gasteiger partial charge >= 0.3 is 0 Å². The van der Waals surface area contributed by atoms with E-state index in [-0.39, 0.29) is 0 Å². The summed E-state index contributed by atoms with van der Waals surface area (Å²) < 4.78 is 0. The summed E-state index contributed by atoms with van der Waals surface area (Å²) in [7, 11) is 4.33. The Labute approximate surface area is 128 Å². The van der Waals surface area contributed by atoms with Crippen LogP contribution in [0.15, 0.2) is 12.2 Å². The Kier molecular flexibility index (Phi) is 16.5. The fourth-order valence-corrected chi connectivity index (χ4v) is 2.49. The van der Waals surface area contributed by atoms with Gasteiger partial charge in [0.05, 0.1) is 0 Å². The van der Waals surface area contributed by atoms with Gasteiger partial charge in [0.15, 0.2) is 0 Å². The normalized spacial score (nSPS) is 11.8. The maximum Gasteiger partial charge on any atom is -0.00248 e. The highest BCUT2D eigenvalue weighted by molar-refractivity contribution is 4.81. The van der Waals surface area contributed by atoms with Crippen LogP contribution >= 0.6 is 0 Å². The fourth-order valence-electron chi connectivity index (χ4n) is 2.49. The Balaban J connectivity index is 3.01. The van der Waals surface area contributed by atoms with E-state index in [4.69, 9.17) is 0 Å². The quantitative estimate of drug-likeness (QED) is 0.255. The van der Waals surface area contributed by atoms with E-state index in [9.17, 15) is 0 Å². The van der Waals surface area contributed by atoms with Crippen LogP contribution in [0.2, 0.25) is 0 Å². The zero-order chi connectivity index (χ0) is 14.9. The van der Waals surface area contributed by atoms with E-state index < -0.39 is 0 Å². The third kappa shape index (κ3) is 17.7. The highest BCUT2D eigenvalue weighted by Crippen LogP contribution is 2.11. The van der Waals surface area contributed by atoms with Crippen LogP contribution in [0.4, 0.5) is 0 Å². The van der Waals surface area contributed by atoms with Crippen molar-refractivity contribution >= 4 is 0 Å². The highest BCUT2D eigenvalue weighted by Gasteiger charge is 1.93. The molecule has 120 valence electrons. The molecule has 20 heavy (non-hydrogen) atoms. The molecule has 0 saturated carbocycles. The van der Waals surface area contributed by atoms with Crippen molar-refractivity contribution in [1.29, 1.82) is 0 Å². The Morgan fingerprint density at radius 3 is 1.55 bits per heavy atom. The third-order valence-corrected chi connectivity index (χ3v) is 3.87. The first-order valence-electron chi connectivity index (χ1n) is 9.07. The first-order valence-corrected chi connectivity index (χ1v) is 9.07. The smallest absolute Gasteiger partial charge is 0.00248 e. The lowest BCUT2D eigenvalue weighted by Crippen LogP contribution is -2.12. The summed E-state index contributed by atoms with van der Waals surface area (Å²) in [4.78, 5) is 2.29. The van der Waals surface area contributed by atoms with Crippen LogP contribution in [0.1, 0.15) is 90.4 Å². The van der Waals surface area contributed by atoms with Crippen molar-refractivity contribution in [2.75, 3.05) is 20.6 Å².